The molecule has 1 amide bonds. The van der Waals surface area contributed by atoms with Gasteiger partial charge >= 0.3 is 0 Å². The summed E-state index contributed by atoms with van der Waals surface area (Å²) in [6, 6.07) is 17.4. The molecule has 1 saturated carbocycles. The first-order chi connectivity index (χ1) is 18.9. The highest BCUT2D eigenvalue weighted by Gasteiger charge is 2.28. The number of aromatic nitrogens is 3. The number of nitrogens with two attached hydrogens (primary N) is 1. The largest absolute Gasteiger partial charge is 0.494 e. The van der Waals surface area contributed by atoms with Gasteiger partial charge in [0, 0.05) is 44.7 Å². The average molecular weight is 526 g/mol. The molecule has 8 nitrogen and oxygen atoms in total. The number of rotatable bonds is 8. The third-order valence-electron chi connectivity index (χ3n) is 7.99. The van der Waals surface area contributed by atoms with Gasteiger partial charge < -0.3 is 24.5 Å². The first-order valence-electron chi connectivity index (χ1n) is 13.8. The Kier molecular flexibility index (Phi) is 6.73. The number of imidazole rings is 1. The maximum absolute atomic E-state index is 13.4. The number of amides is 1. The van der Waals surface area contributed by atoms with E-state index in [4.69, 9.17) is 15.5 Å². The molecule has 0 bridgehead atoms. The summed E-state index contributed by atoms with van der Waals surface area (Å²) in [7, 11) is 3.57. The number of ketones is 1. The average Bonchev–Trinajstić information content (AvgIpc) is 3.58. The number of fused-ring (bicyclic) bond motifs is 1. The Balaban J connectivity index is 1.39. The van der Waals surface area contributed by atoms with E-state index in [9.17, 15) is 9.59 Å². The van der Waals surface area contributed by atoms with Crippen LogP contribution in [0.2, 0.25) is 0 Å². The number of carbonyl (C=O) groups excluding carboxylic acids is 2. The number of hydrogen-bond acceptors (Lipinski definition) is 5. The van der Waals surface area contributed by atoms with Crippen LogP contribution in [-0.4, -0.2) is 56.9 Å². The number of piperidine rings is 1. The first-order valence-corrected chi connectivity index (χ1v) is 13.8. The van der Waals surface area contributed by atoms with Crippen LogP contribution in [0.3, 0.4) is 0 Å². The molecule has 1 aliphatic carbocycles. The molecule has 4 aromatic rings. The van der Waals surface area contributed by atoms with Crippen molar-refractivity contribution in [3.05, 3.63) is 71.4 Å². The zero-order valence-electron chi connectivity index (χ0n) is 22.6. The molecule has 8 heteroatoms. The molecule has 2 N–H and O–H groups in total. The second-order valence-electron chi connectivity index (χ2n) is 10.9. The number of likely N-dealkylation sites (tertiary alicyclic amines) is 1. The monoisotopic (exact) mass is 525 g/mol. The number of aryl methyl sites for hydroxylation is 1. The van der Waals surface area contributed by atoms with Crippen molar-refractivity contribution in [3.63, 3.8) is 0 Å². The lowest BCUT2D eigenvalue weighted by Gasteiger charge is -2.30. The number of carbonyl (C=O) groups is 2. The van der Waals surface area contributed by atoms with Gasteiger partial charge in [0.25, 0.3) is 5.91 Å². The summed E-state index contributed by atoms with van der Waals surface area (Å²) in [6.07, 6.45) is 4.55. The lowest BCUT2D eigenvalue weighted by molar-refractivity contribution is 0.0708. The molecule has 202 valence electrons. The van der Waals surface area contributed by atoms with Crippen molar-refractivity contribution in [1.29, 1.82) is 0 Å². The SMILES string of the molecule is COc1cc(C(=O)N2CCC[C@@H](N)C2)cc2nc(-c3ccc(C(=O)Cc4ccccc4)n3CC3CC3)n(C)c12. The molecule has 2 fully saturated rings. The van der Waals surface area contributed by atoms with Crippen molar-refractivity contribution in [2.24, 2.45) is 18.7 Å². The molecule has 0 radical (unpaired) electrons. The Labute approximate surface area is 228 Å². The zero-order valence-corrected chi connectivity index (χ0v) is 22.6. The number of nitrogens with zero attached hydrogens (tertiary/aromatic N) is 4. The zero-order chi connectivity index (χ0) is 27.1. The fourth-order valence-electron chi connectivity index (χ4n) is 5.73. The topological polar surface area (TPSA) is 95.4 Å². The predicted octanol–water partition coefficient (Wildman–Crippen LogP) is 4.45. The molecule has 2 aromatic heterocycles. The summed E-state index contributed by atoms with van der Waals surface area (Å²) in [6.45, 7) is 2.05. The Morgan fingerprint density at radius 3 is 2.59 bits per heavy atom. The summed E-state index contributed by atoms with van der Waals surface area (Å²) in [5, 5.41) is 0. The maximum atomic E-state index is 13.4. The highest BCUT2D eigenvalue weighted by atomic mass is 16.5. The van der Waals surface area contributed by atoms with Crippen molar-refractivity contribution in [1.82, 2.24) is 19.0 Å². The smallest absolute Gasteiger partial charge is 0.254 e. The molecule has 39 heavy (non-hydrogen) atoms. The normalized spacial score (nSPS) is 17.5. The van der Waals surface area contributed by atoms with E-state index < -0.39 is 0 Å². The Morgan fingerprint density at radius 2 is 1.87 bits per heavy atom. The molecule has 0 unspecified atom stereocenters. The van der Waals surface area contributed by atoms with Crippen LogP contribution in [-0.2, 0) is 20.0 Å². The molecule has 6 rings (SSSR count). The van der Waals surface area contributed by atoms with Gasteiger partial charge in [0.15, 0.2) is 11.6 Å². The van der Waals surface area contributed by atoms with Gasteiger partial charge in [0.1, 0.15) is 11.3 Å². The summed E-state index contributed by atoms with van der Waals surface area (Å²) in [5.41, 5.74) is 10.8. The Hall–Kier alpha value is -3.91. The minimum absolute atomic E-state index is 0.00725. The molecule has 3 heterocycles. The Bertz CT molecular complexity index is 1530. The van der Waals surface area contributed by atoms with E-state index in [1.54, 1.807) is 13.2 Å². The Morgan fingerprint density at radius 1 is 1.08 bits per heavy atom. The van der Waals surface area contributed by atoms with E-state index >= 15 is 0 Å². The van der Waals surface area contributed by atoms with Gasteiger partial charge in [-0.15, -0.1) is 0 Å². The summed E-state index contributed by atoms with van der Waals surface area (Å²) < 4.78 is 9.89. The van der Waals surface area contributed by atoms with Crippen molar-refractivity contribution < 1.29 is 14.3 Å². The van der Waals surface area contributed by atoms with Crippen LogP contribution in [0.25, 0.3) is 22.6 Å². The van der Waals surface area contributed by atoms with Gasteiger partial charge in [0.05, 0.1) is 24.0 Å². The number of benzene rings is 2. The van der Waals surface area contributed by atoms with Crippen molar-refractivity contribution in [3.8, 4) is 17.3 Å². The molecule has 1 atom stereocenters. The van der Waals surface area contributed by atoms with Crippen molar-refractivity contribution in [2.45, 2.75) is 44.7 Å². The number of methoxy groups -OCH3 is 1. The second-order valence-corrected chi connectivity index (χ2v) is 10.9. The van der Waals surface area contributed by atoms with Crippen molar-refractivity contribution >= 4 is 22.7 Å². The molecule has 2 aromatic carbocycles. The molecule has 2 aliphatic rings. The number of Topliss-reactive ketones (excluding diaryl/α,β-unsaturated/α-hetero) is 1. The molecule has 1 saturated heterocycles. The molecule has 0 spiro atoms. The van der Waals surface area contributed by atoms with E-state index in [-0.39, 0.29) is 17.7 Å². The predicted molar refractivity (Wildman–Crippen MR) is 151 cm³/mol. The molecular formula is C31H35N5O3. The summed E-state index contributed by atoms with van der Waals surface area (Å²) >= 11 is 0. The lowest BCUT2D eigenvalue weighted by atomic mass is 10.0. The number of hydrogen-bond donors (Lipinski definition) is 1. The first kappa shape index (κ1) is 25.4. The summed E-state index contributed by atoms with van der Waals surface area (Å²) in [5.74, 6) is 1.95. The minimum Gasteiger partial charge on any atom is -0.494 e. The summed E-state index contributed by atoms with van der Waals surface area (Å²) in [4.78, 5) is 33.6. The van der Waals surface area contributed by atoms with E-state index in [1.807, 2.05) is 65.0 Å². The van der Waals surface area contributed by atoms with Gasteiger partial charge in [-0.1, -0.05) is 30.3 Å². The van der Waals surface area contributed by atoms with Crippen LogP contribution in [0.4, 0.5) is 0 Å². The highest BCUT2D eigenvalue weighted by Crippen LogP contribution is 2.36. The van der Waals surface area contributed by atoms with Crippen LogP contribution in [0.15, 0.2) is 54.6 Å². The van der Waals surface area contributed by atoms with Crippen molar-refractivity contribution in [2.75, 3.05) is 20.2 Å². The number of ether oxygens (including phenoxy) is 1. The quantitative estimate of drug-likeness (QED) is 0.343. The fourth-order valence-corrected chi connectivity index (χ4v) is 5.73. The van der Waals surface area contributed by atoms with Gasteiger partial charge in [0.2, 0.25) is 0 Å². The van der Waals surface area contributed by atoms with Crippen LogP contribution in [0.5, 0.6) is 5.75 Å². The van der Waals surface area contributed by atoms with Crippen LogP contribution >= 0.6 is 0 Å². The van der Waals surface area contributed by atoms with Gasteiger partial charge in [-0.2, -0.15) is 0 Å². The van der Waals surface area contributed by atoms with Crippen LogP contribution in [0.1, 0.15) is 52.1 Å². The van der Waals surface area contributed by atoms with E-state index in [0.29, 0.717) is 48.0 Å². The molecular weight excluding hydrogens is 490 g/mol. The van der Waals surface area contributed by atoms with E-state index in [2.05, 4.69) is 4.57 Å². The third kappa shape index (κ3) is 4.96. The third-order valence-corrected chi connectivity index (χ3v) is 7.99. The van der Waals surface area contributed by atoms with Gasteiger partial charge in [-0.05, 0) is 61.4 Å². The molecule has 1 aliphatic heterocycles. The second kappa shape index (κ2) is 10.3. The minimum atomic E-state index is -0.0524. The van der Waals surface area contributed by atoms with Gasteiger partial charge in [-0.25, -0.2) is 4.98 Å². The van der Waals surface area contributed by atoms with Crippen LogP contribution < -0.4 is 10.5 Å². The van der Waals surface area contributed by atoms with Gasteiger partial charge in [-0.3, -0.25) is 9.59 Å². The van der Waals surface area contributed by atoms with E-state index in [1.165, 1.54) is 12.8 Å². The maximum Gasteiger partial charge on any atom is 0.254 e. The fraction of sp³-hybridized carbons (Fsp3) is 0.387. The van der Waals surface area contributed by atoms with E-state index in [0.717, 1.165) is 42.0 Å². The highest BCUT2D eigenvalue weighted by molar-refractivity contribution is 6.00. The lowest BCUT2D eigenvalue weighted by Crippen LogP contribution is -2.45. The van der Waals surface area contributed by atoms with Crippen LogP contribution in [0, 0.1) is 5.92 Å². The standard InChI is InChI=1S/C31H35N5O3/c1-34-29-24(16-22(17-28(29)39-2)31(38)35-14-6-9-23(32)19-35)33-30(34)26-13-12-25(36(26)18-21-10-11-21)27(37)15-20-7-4-3-5-8-20/h3-5,7-8,12-13,16-17,21,23H,6,9-11,14-15,18-19,32H2,1-2H3/t23-/m1/s1.